The van der Waals surface area contributed by atoms with Gasteiger partial charge in [0.25, 0.3) is 0 Å². The van der Waals surface area contributed by atoms with Crippen molar-refractivity contribution in [1.29, 1.82) is 0 Å². The highest BCUT2D eigenvalue weighted by Crippen LogP contribution is 2.27. The predicted octanol–water partition coefficient (Wildman–Crippen LogP) is 7.57. The van der Waals surface area contributed by atoms with E-state index in [1.807, 2.05) is 72.8 Å². The number of nitrogens with zero attached hydrogens (tertiary/aromatic N) is 1. The number of allylic oxidation sites excluding steroid dienone is 1. The quantitative estimate of drug-likeness (QED) is 0.223. The monoisotopic (exact) mass is 453 g/mol. The number of carbonyl (C=O) groups excluding carboxylic acids is 2. The number of benzene rings is 4. The molecule has 162 valence electrons. The summed E-state index contributed by atoms with van der Waals surface area (Å²) in [6.07, 6.45) is 2.68. The van der Waals surface area contributed by atoms with Crippen molar-refractivity contribution in [3.63, 3.8) is 0 Å². The molecule has 0 spiro atoms. The molecule has 1 amide bonds. The van der Waals surface area contributed by atoms with E-state index in [1.165, 1.54) is 11.0 Å². The molecule has 0 heterocycles. The number of hydrogen-bond donors (Lipinski definition) is 0. The van der Waals surface area contributed by atoms with E-state index in [4.69, 9.17) is 16.3 Å². The average Bonchev–Trinajstić information content (AvgIpc) is 2.85. The minimum Gasteiger partial charge on any atom is -0.410 e. The van der Waals surface area contributed by atoms with E-state index in [9.17, 15) is 9.59 Å². The number of para-hydroxylation sites is 2. The zero-order chi connectivity index (χ0) is 23.0. The van der Waals surface area contributed by atoms with Gasteiger partial charge >= 0.3 is 6.09 Å². The number of anilines is 2. The lowest BCUT2D eigenvalue weighted by Crippen LogP contribution is -2.29. The van der Waals surface area contributed by atoms with Crippen LogP contribution in [-0.4, -0.2) is 11.9 Å². The Hall–Kier alpha value is -4.15. The van der Waals surface area contributed by atoms with Crippen LogP contribution >= 0.6 is 11.6 Å². The summed E-state index contributed by atoms with van der Waals surface area (Å²) in [6.45, 7) is 0. The first-order chi connectivity index (χ1) is 16.1. The highest BCUT2D eigenvalue weighted by atomic mass is 35.5. The van der Waals surface area contributed by atoms with Gasteiger partial charge in [-0.2, -0.15) is 0 Å². The summed E-state index contributed by atoms with van der Waals surface area (Å²) in [6, 6.07) is 32.2. The van der Waals surface area contributed by atoms with Crippen LogP contribution in [0, 0.1) is 0 Å². The Labute approximate surface area is 197 Å². The van der Waals surface area contributed by atoms with Crippen LogP contribution in [-0.2, 0) is 0 Å². The van der Waals surface area contributed by atoms with Gasteiger partial charge in [-0.15, -0.1) is 0 Å². The lowest BCUT2D eigenvalue weighted by molar-refractivity contribution is 0.104. The Kier molecular flexibility index (Phi) is 6.98. The molecule has 0 bridgehead atoms. The third-order valence-corrected chi connectivity index (χ3v) is 5.10. The van der Waals surface area contributed by atoms with Gasteiger partial charge < -0.3 is 4.74 Å². The number of carbonyl (C=O) groups is 2. The SMILES string of the molecule is O=C(C=Cc1ccc(Cl)cc1)c1ccc(OC(=O)N(c2ccccc2)c2ccccc2)cc1. The Morgan fingerprint density at radius 3 is 1.79 bits per heavy atom. The molecule has 33 heavy (non-hydrogen) atoms. The molecular formula is C28H20ClNO3. The third kappa shape index (κ3) is 5.76. The molecule has 0 radical (unpaired) electrons. The van der Waals surface area contributed by atoms with Crippen LogP contribution in [0.3, 0.4) is 0 Å². The van der Waals surface area contributed by atoms with Gasteiger partial charge in [0.15, 0.2) is 5.78 Å². The van der Waals surface area contributed by atoms with Crippen LogP contribution < -0.4 is 9.64 Å². The molecule has 0 unspecified atom stereocenters. The Morgan fingerprint density at radius 2 is 1.24 bits per heavy atom. The van der Waals surface area contributed by atoms with Gasteiger partial charge in [0.05, 0.1) is 11.4 Å². The van der Waals surface area contributed by atoms with E-state index in [1.54, 1.807) is 42.5 Å². The predicted molar refractivity (Wildman–Crippen MR) is 132 cm³/mol. The molecule has 0 atom stereocenters. The molecule has 0 aliphatic rings. The minimum absolute atomic E-state index is 0.155. The number of hydrogen-bond acceptors (Lipinski definition) is 3. The molecular weight excluding hydrogens is 434 g/mol. The van der Waals surface area contributed by atoms with E-state index in [2.05, 4.69) is 0 Å². The van der Waals surface area contributed by atoms with Crippen molar-refractivity contribution >= 4 is 40.9 Å². The van der Waals surface area contributed by atoms with Crippen LogP contribution in [0.4, 0.5) is 16.2 Å². The summed E-state index contributed by atoms with van der Waals surface area (Å²) in [4.78, 5) is 27.0. The van der Waals surface area contributed by atoms with Crippen molar-refractivity contribution in [3.05, 3.63) is 131 Å². The second-order valence-corrected chi connectivity index (χ2v) is 7.58. The topological polar surface area (TPSA) is 46.6 Å². The fraction of sp³-hybridized carbons (Fsp3) is 0. The van der Waals surface area contributed by atoms with Crippen LogP contribution in [0.2, 0.25) is 5.02 Å². The van der Waals surface area contributed by atoms with E-state index in [0.717, 1.165) is 5.56 Å². The van der Waals surface area contributed by atoms with Gasteiger partial charge in [-0.3, -0.25) is 4.79 Å². The molecule has 4 aromatic carbocycles. The Balaban J connectivity index is 1.47. The molecule has 0 saturated carbocycles. The largest absolute Gasteiger partial charge is 0.424 e. The summed E-state index contributed by atoms with van der Waals surface area (Å²) in [5.74, 6) is 0.188. The Bertz CT molecular complexity index is 1210. The van der Waals surface area contributed by atoms with E-state index < -0.39 is 6.09 Å². The first-order valence-electron chi connectivity index (χ1n) is 10.3. The van der Waals surface area contributed by atoms with Crippen LogP contribution in [0.15, 0.2) is 115 Å². The number of halogens is 1. The maximum absolute atomic E-state index is 13.0. The highest BCUT2D eigenvalue weighted by molar-refractivity contribution is 6.30. The molecule has 0 saturated heterocycles. The first kappa shape index (κ1) is 22.1. The molecule has 4 rings (SSSR count). The van der Waals surface area contributed by atoms with Crippen molar-refractivity contribution in [2.24, 2.45) is 0 Å². The smallest absolute Gasteiger partial charge is 0.410 e. The standard InChI is InChI=1S/C28H20ClNO3/c29-23-16-11-21(12-17-23)13-20-27(31)22-14-18-26(19-15-22)33-28(32)30(24-7-3-1-4-8-24)25-9-5-2-6-10-25/h1-20H. The number of ketones is 1. The van der Waals surface area contributed by atoms with Crippen LogP contribution in [0.25, 0.3) is 6.08 Å². The van der Waals surface area contributed by atoms with Crippen molar-refractivity contribution in [2.45, 2.75) is 0 Å². The minimum atomic E-state index is -0.547. The van der Waals surface area contributed by atoms with Gasteiger partial charge in [-0.1, -0.05) is 66.2 Å². The average molecular weight is 454 g/mol. The van der Waals surface area contributed by atoms with Gasteiger partial charge in [0, 0.05) is 10.6 Å². The zero-order valence-electron chi connectivity index (χ0n) is 17.6. The van der Waals surface area contributed by atoms with Gasteiger partial charge in [0.2, 0.25) is 0 Å². The van der Waals surface area contributed by atoms with Crippen molar-refractivity contribution < 1.29 is 14.3 Å². The summed E-state index contributed by atoms with van der Waals surface area (Å²) in [5.41, 5.74) is 2.74. The maximum atomic E-state index is 13.0. The van der Waals surface area contributed by atoms with E-state index >= 15 is 0 Å². The van der Waals surface area contributed by atoms with E-state index in [-0.39, 0.29) is 5.78 Å². The molecule has 4 aromatic rings. The maximum Gasteiger partial charge on any atom is 0.424 e. The van der Waals surface area contributed by atoms with Crippen molar-refractivity contribution in [2.75, 3.05) is 4.90 Å². The zero-order valence-corrected chi connectivity index (χ0v) is 18.4. The van der Waals surface area contributed by atoms with Crippen molar-refractivity contribution in [1.82, 2.24) is 0 Å². The van der Waals surface area contributed by atoms with Crippen LogP contribution in [0.5, 0.6) is 5.75 Å². The fourth-order valence-electron chi connectivity index (χ4n) is 3.19. The molecule has 0 fully saturated rings. The number of rotatable bonds is 6. The second kappa shape index (κ2) is 10.4. The molecule has 0 aliphatic heterocycles. The van der Waals surface area contributed by atoms with Gasteiger partial charge in [-0.25, -0.2) is 9.69 Å². The molecule has 5 heteroatoms. The number of amides is 1. The molecule has 4 nitrogen and oxygen atoms in total. The van der Waals surface area contributed by atoms with Crippen molar-refractivity contribution in [3.8, 4) is 5.75 Å². The van der Waals surface area contributed by atoms with E-state index in [0.29, 0.717) is 27.7 Å². The fourth-order valence-corrected chi connectivity index (χ4v) is 3.32. The normalized spacial score (nSPS) is 10.7. The summed E-state index contributed by atoms with van der Waals surface area (Å²) >= 11 is 5.88. The molecule has 0 aromatic heterocycles. The van der Waals surface area contributed by atoms with Gasteiger partial charge in [0.1, 0.15) is 5.75 Å². The lowest BCUT2D eigenvalue weighted by atomic mass is 10.1. The second-order valence-electron chi connectivity index (χ2n) is 7.15. The number of ether oxygens (including phenoxy) is 1. The summed E-state index contributed by atoms with van der Waals surface area (Å²) < 4.78 is 5.61. The molecule has 0 aliphatic carbocycles. The summed E-state index contributed by atoms with van der Waals surface area (Å²) in [5, 5.41) is 0.640. The molecule has 0 N–H and O–H groups in total. The Morgan fingerprint density at radius 1 is 0.697 bits per heavy atom. The first-order valence-corrected chi connectivity index (χ1v) is 10.7. The lowest BCUT2D eigenvalue weighted by Gasteiger charge is -2.22. The third-order valence-electron chi connectivity index (χ3n) is 4.85. The van der Waals surface area contributed by atoms with Crippen LogP contribution in [0.1, 0.15) is 15.9 Å². The van der Waals surface area contributed by atoms with Gasteiger partial charge in [-0.05, 0) is 72.3 Å². The highest BCUT2D eigenvalue weighted by Gasteiger charge is 2.20. The summed E-state index contributed by atoms with van der Waals surface area (Å²) in [7, 11) is 0.